The van der Waals surface area contributed by atoms with Crippen LogP contribution in [0, 0.1) is 0 Å². The Morgan fingerprint density at radius 2 is 1.76 bits per heavy atom. The first-order chi connectivity index (χ1) is 15.6. The van der Waals surface area contributed by atoms with Crippen molar-refractivity contribution in [3.63, 3.8) is 0 Å². The highest BCUT2D eigenvalue weighted by atomic mass is 127. The number of guanidine groups is 1. The third kappa shape index (κ3) is 6.83. The smallest absolute Gasteiger partial charge is 0.195 e. The van der Waals surface area contributed by atoms with Crippen LogP contribution in [0.2, 0.25) is 0 Å². The number of hydrogen-bond acceptors (Lipinski definition) is 5. The molecule has 0 fully saturated rings. The molecule has 8 nitrogen and oxygen atoms in total. The highest BCUT2D eigenvalue weighted by molar-refractivity contribution is 14.0. The molecule has 0 aliphatic carbocycles. The van der Waals surface area contributed by atoms with Crippen LogP contribution in [0.15, 0.2) is 41.4 Å². The molecule has 0 atom stereocenters. The summed E-state index contributed by atoms with van der Waals surface area (Å²) in [5.41, 5.74) is 3.02. The number of fused-ring (bicyclic) bond motifs is 1. The fraction of sp³-hybridized carbons (Fsp3) is 0.375. The molecule has 0 radical (unpaired) electrons. The van der Waals surface area contributed by atoms with Crippen molar-refractivity contribution < 1.29 is 18.9 Å². The largest absolute Gasteiger partial charge is 0.497 e. The van der Waals surface area contributed by atoms with Crippen LogP contribution in [-0.4, -0.2) is 52.5 Å². The van der Waals surface area contributed by atoms with Gasteiger partial charge in [-0.15, -0.1) is 24.0 Å². The number of aliphatic imine (C=N–C) groups is 1. The number of H-pyrrole nitrogens is 1. The number of hydrogen-bond donors (Lipinski definition) is 3. The van der Waals surface area contributed by atoms with Crippen LogP contribution >= 0.6 is 24.0 Å². The zero-order chi connectivity index (χ0) is 22.9. The highest BCUT2D eigenvalue weighted by Crippen LogP contribution is 2.32. The van der Waals surface area contributed by atoms with Crippen molar-refractivity contribution in [3.8, 4) is 23.0 Å². The number of aryl methyl sites for hydroxylation is 1. The van der Waals surface area contributed by atoms with E-state index in [1.807, 2.05) is 37.3 Å². The summed E-state index contributed by atoms with van der Waals surface area (Å²) >= 11 is 0. The van der Waals surface area contributed by atoms with Gasteiger partial charge in [-0.2, -0.15) is 0 Å². The molecule has 0 spiro atoms. The van der Waals surface area contributed by atoms with E-state index in [1.165, 1.54) is 0 Å². The molecule has 0 aliphatic rings. The first-order valence-electron chi connectivity index (χ1n) is 10.6. The molecule has 33 heavy (non-hydrogen) atoms. The average molecular weight is 568 g/mol. The highest BCUT2D eigenvalue weighted by Gasteiger charge is 2.10. The Morgan fingerprint density at radius 3 is 2.42 bits per heavy atom. The molecule has 180 valence electrons. The van der Waals surface area contributed by atoms with Gasteiger partial charge in [-0.05, 0) is 38.0 Å². The lowest BCUT2D eigenvalue weighted by atomic mass is 10.2. The van der Waals surface area contributed by atoms with Gasteiger partial charge in [-0.3, -0.25) is 4.99 Å². The van der Waals surface area contributed by atoms with E-state index in [4.69, 9.17) is 18.9 Å². The topological polar surface area (TPSA) is 89.1 Å². The van der Waals surface area contributed by atoms with Crippen molar-refractivity contribution in [2.24, 2.45) is 4.99 Å². The van der Waals surface area contributed by atoms with Crippen LogP contribution in [0.1, 0.15) is 19.0 Å². The molecule has 3 N–H and O–H groups in total. The second-order valence-electron chi connectivity index (χ2n) is 7.11. The Labute approximate surface area is 212 Å². The fourth-order valence-corrected chi connectivity index (χ4v) is 3.48. The monoisotopic (exact) mass is 568 g/mol. The van der Waals surface area contributed by atoms with Crippen molar-refractivity contribution in [1.29, 1.82) is 0 Å². The Balaban J connectivity index is 0.00000385. The quantitative estimate of drug-likeness (QED) is 0.141. The van der Waals surface area contributed by atoms with Crippen molar-refractivity contribution in [1.82, 2.24) is 10.3 Å². The van der Waals surface area contributed by atoms with Gasteiger partial charge in [0.05, 0.1) is 33.5 Å². The predicted octanol–water partition coefficient (Wildman–Crippen LogP) is 4.83. The molecule has 2 aromatic carbocycles. The van der Waals surface area contributed by atoms with Gasteiger partial charge in [0.2, 0.25) is 0 Å². The summed E-state index contributed by atoms with van der Waals surface area (Å²) < 4.78 is 21.8. The van der Waals surface area contributed by atoms with Crippen LogP contribution in [0.25, 0.3) is 10.9 Å². The molecule has 1 heterocycles. The molecular weight excluding hydrogens is 535 g/mol. The van der Waals surface area contributed by atoms with Crippen molar-refractivity contribution >= 4 is 46.5 Å². The van der Waals surface area contributed by atoms with Crippen LogP contribution < -0.4 is 29.6 Å². The Morgan fingerprint density at radius 1 is 0.970 bits per heavy atom. The first-order valence-corrected chi connectivity index (χ1v) is 10.6. The summed E-state index contributed by atoms with van der Waals surface area (Å²) in [6.45, 7) is 3.30. The van der Waals surface area contributed by atoms with E-state index in [2.05, 4.69) is 26.7 Å². The fourth-order valence-electron chi connectivity index (χ4n) is 3.48. The lowest BCUT2D eigenvalue weighted by molar-refractivity contribution is 0.311. The molecule has 9 heteroatoms. The minimum absolute atomic E-state index is 0. The molecule has 0 saturated heterocycles. The Hall–Kier alpha value is -2.82. The van der Waals surface area contributed by atoms with E-state index in [0.29, 0.717) is 18.3 Å². The van der Waals surface area contributed by atoms with Crippen LogP contribution in [-0.2, 0) is 6.42 Å². The molecule has 0 aliphatic heterocycles. The first kappa shape index (κ1) is 26.4. The molecule has 1 aromatic heterocycles. The normalized spacial score (nSPS) is 11.0. The van der Waals surface area contributed by atoms with E-state index in [9.17, 15) is 0 Å². The van der Waals surface area contributed by atoms with Gasteiger partial charge in [0.25, 0.3) is 0 Å². The molecule has 0 unspecified atom stereocenters. The van der Waals surface area contributed by atoms with Crippen LogP contribution in [0.3, 0.4) is 0 Å². The second-order valence-corrected chi connectivity index (χ2v) is 7.11. The molecular formula is C24H33IN4O4. The van der Waals surface area contributed by atoms with E-state index in [1.54, 1.807) is 28.4 Å². The summed E-state index contributed by atoms with van der Waals surface area (Å²) in [4.78, 5) is 7.76. The lowest BCUT2D eigenvalue weighted by Gasteiger charge is -2.14. The third-order valence-corrected chi connectivity index (χ3v) is 5.05. The Kier molecular flexibility index (Phi) is 10.4. The average Bonchev–Trinajstić information content (AvgIpc) is 3.24. The van der Waals surface area contributed by atoms with E-state index < -0.39 is 0 Å². The number of benzene rings is 2. The van der Waals surface area contributed by atoms with Gasteiger partial charge < -0.3 is 34.6 Å². The van der Waals surface area contributed by atoms with Gasteiger partial charge >= 0.3 is 0 Å². The van der Waals surface area contributed by atoms with Gasteiger partial charge in [0.15, 0.2) is 17.5 Å². The summed E-state index contributed by atoms with van der Waals surface area (Å²) in [6, 6.07) is 11.7. The zero-order valence-corrected chi connectivity index (χ0v) is 22.1. The number of methoxy groups -OCH3 is 3. The number of aromatic amines is 1. The third-order valence-electron chi connectivity index (χ3n) is 5.05. The van der Waals surface area contributed by atoms with Crippen molar-refractivity contribution in [2.45, 2.75) is 19.8 Å². The summed E-state index contributed by atoms with van der Waals surface area (Å²) in [7, 11) is 6.70. The number of anilines is 1. The maximum Gasteiger partial charge on any atom is 0.195 e. The molecule has 3 rings (SSSR count). The summed E-state index contributed by atoms with van der Waals surface area (Å²) in [5, 5.41) is 7.69. The second kappa shape index (κ2) is 13.0. The standard InChI is InChI=1S/C24H32N4O4.HI/c1-6-32-21-10-9-17(13-23(21)31-5)28-24(25-2)26-11-7-8-16-12-19-20(27-16)14-18(29-3)15-22(19)30-4;/h9-10,12-15,27H,6-8,11H2,1-5H3,(H2,25,26,28);1H. The molecule has 0 amide bonds. The summed E-state index contributed by atoms with van der Waals surface area (Å²) in [5.74, 6) is 3.66. The van der Waals surface area contributed by atoms with Gasteiger partial charge in [0.1, 0.15) is 11.5 Å². The van der Waals surface area contributed by atoms with E-state index in [0.717, 1.165) is 58.9 Å². The van der Waals surface area contributed by atoms with Gasteiger partial charge in [0, 0.05) is 48.6 Å². The van der Waals surface area contributed by atoms with Crippen LogP contribution in [0.5, 0.6) is 23.0 Å². The minimum Gasteiger partial charge on any atom is -0.497 e. The molecule has 0 bridgehead atoms. The van der Waals surface area contributed by atoms with Crippen LogP contribution in [0.4, 0.5) is 5.69 Å². The Bertz CT molecular complexity index is 1070. The minimum atomic E-state index is 0. The number of nitrogens with zero attached hydrogens (tertiary/aromatic N) is 1. The van der Waals surface area contributed by atoms with E-state index >= 15 is 0 Å². The summed E-state index contributed by atoms with van der Waals surface area (Å²) in [6.07, 6.45) is 1.82. The van der Waals surface area contributed by atoms with Gasteiger partial charge in [-0.1, -0.05) is 0 Å². The zero-order valence-electron chi connectivity index (χ0n) is 19.8. The van der Waals surface area contributed by atoms with Gasteiger partial charge in [-0.25, -0.2) is 0 Å². The SMILES string of the molecule is CCOc1ccc(NC(=NC)NCCCc2cc3c(OC)cc(OC)cc3[nH]2)cc1OC.I. The maximum atomic E-state index is 5.57. The molecule has 3 aromatic rings. The van der Waals surface area contributed by atoms with Crippen molar-refractivity contribution in [3.05, 3.63) is 42.1 Å². The van der Waals surface area contributed by atoms with E-state index in [-0.39, 0.29) is 24.0 Å². The number of aromatic nitrogens is 1. The number of rotatable bonds is 10. The number of ether oxygens (including phenoxy) is 4. The predicted molar refractivity (Wildman–Crippen MR) is 144 cm³/mol. The number of halogens is 1. The number of nitrogens with one attached hydrogen (secondary N) is 3. The van der Waals surface area contributed by atoms with Crippen molar-refractivity contribution in [2.75, 3.05) is 46.8 Å². The lowest BCUT2D eigenvalue weighted by Crippen LogP contribution is -2.31. The molecule has 0 saturated carbocycles. The maximum absolute atomic E-state index is 5.57.